The normalized spacial score (nSPS) is 17.2. The lowest BCUT2D eigenvalue weighted by molar-refractivity contribution is 1.96. The summed E-state index contributed by atoms with van der Waals surface area (Å²) in [6.45, 7) is 0. The van der Waals surface area contributed by atoms with E-state index < -0.39 is 0 Å². The highest BCUT2D eigenvalue weighted by atomic mass is 29.5. The molecule has 26 valence electrons. The van der Waals surface area contributed by atoms with Gasteiger partial charge in [-0.3, -0.25) is 0 Å². The molecule has 0 aromatic rings. The summed E-state index contributed by atoms with van der Waals surface area (Å²) in [6, 6.07) is 0. The summed E-state index contributed by atoms with van der Waals surface area (Å²) < 4.78 is 0. The molecule has 0 aliphatic carbocycles. The van der Waals surface area contributed by atoms with Crippen LogP contribution in [0, 0.1) is 0 Å². The zero-order valence-corrected chi connectivity index (χ0v) is 8.31. The first-order chi connectivity index (χ1) is 1.73. The second-order valence-corrected chi connectivity index (χ2v) is 21.6. The molecule has 0 amide bonds. The maximum absolute atomic E-state index is 5.37. The molecular formula is H9NSi3. The molecule has 0 saturated heterocycles. The van der Waals surface area contributed by atoms with Crippen LogP contribution in [0.2, 0.25) is 0 Å². The van der Waals surface area contributed by atoms with Gasteiger partial charge in [0.05, 0.1) is 7.99 Å². The quantitative estimate of drug-likeness (QED) is 0.318. The molecule has 0 saturated carbocycles. The number of hydrogen-bond donors (Lipinski definition) is 1. The summed E-state index contributed by atoms with van der Waals surface area (Å²) >= 11 is 0. The average molecular weight is 107 g/mol. The monoisotopic (exact) mass is 107 g/mol. The van der Waals surface area contributed by atoms with Crippen molar-refractivity contribution in [1.29, 1.82) is 0 Å². The van der Waals surface area contributed by atoms with Crippen LogP contribution in [-0.4, -0.2) is 27.5 Å². The van der Waals surface area contributed by atoms with Gasteiger partial charge in [-0.15, -0.1) is 0 Å². The van der Waals surface area contributed by atoms with E-state index in [0.29, 0.717) is 0 Å². The molecule has 4 heavy (non-hydrogen) atoms. The van der Waals surface area contributed by atoms with Crippen molar-refractivity contribution >= 4 is 27.5 Å². The van der Waals surface area contributed by atoms with Crippen molar-refractivity contribution in [3.63, 3.8) is 0 Å². The fourth-order valence-electron chi connectivity index (χ4n) is 0. The van der Waals surface area contributed by atoms with E-state index >= 15 is 0 Å². The molecule has 0 aromatic carbocycles. The Morgan fingerprint density at radius 1 is 1.50 bits per heavy atom. The van der Waals surface area contributed by atoms with E-state index in [0.717, 1.165) is 0 Å². The molecule has 0 radical (unpaired) electrons. The Hall–Kier alpha value is 0.611. The largest absolute Gasteiger partial charge is 0.358 e. The van der Waals surface area contributed by atoms with Crippen molar-refractivity contribution in [3.8, 4) is 0 Å². The third-order valence-corrected chi connectivity index (χ3v) is 0. The van der Waals surface area contributed by atoms with Gasteiger partial charge in [0.25, 0.3) is 0 Å². The molecule has 0 rings (SSSR count). The van der Waals surface area contributed by atoms with E-state index in [1.165, 1.54) is 19.5 Å². The smallest absolute Gasteiger partial charge is 0.0662 e. The van der Waals surface area contributed by atoms with Gasteiger partial charge in [0.1, 0.15) is 0 Å². The number of rotatable bonds is 0. The van der Waals surface area contributed by atoms with Gasteiger partial charge < -0.3 is 5.40 Å². The van der Waals surface area contributed by atoms with Crippen LogP contribution < -0.4 is 5.40 Å². The number of hydrogen-bond acceptors (Lipinski definition) is 1. The Morgan fingerprint density at radius 2 is 1.50 bits per heavy atom. The van der Waals surface area contributed by atoms with Gasteiger partial charge in [0, 0.05) is 19.5 Å². The minimum atomic E-state index is -0.361. The van der Waals surface area contributed by atoms with Gasteiger partial charge in [-0.05, 0) is 0 Å². The van der Waals surface area contributed by atoms with Crippen LogP contribution in [0.1, 0.15) is 0 Å². The molecule has 2 N–H and O–H groups in total. The van der Waals surface area contributed by atoms with Crippen molar-refractivity contribution in [1.82, 2.24) is 0 Å². The Kier molecular flexibility index (Phi) is 2.18. The molecular weight excluding hydrogens is 98.3 g/mol. The minimum absolute atomic E-state index is 0.361. The van der Waals surface area contributed by atoms with Crippen LogP contribution in [0.25, 0.3) is 0 Å². The highest BCUT2D eigenvalue weighted by Gasteiger charge is 1.72. The minimum Gasteiger partial charge on any atom is -0.358 e. The molecule has 0 aliphatic heterocycles. The molecule has 0 bridgehead atoms. The van der Waals surface area contributed by atoms with Gasteiger partial charge in [0.2, 0.25) is 0 Å². The van der Waals surface area contributed by atoms with Crippen LogP contribution >= 0.6 is 0 Å². The van der Waals surface area contributed by atoms with E-state index in [-0.39, 0.29) is 7.99 Å². The number of nitrogens with two attached hydrogens (primary N) is 1. The summed E-state index contributed by atoms with van der Waals surface area (Å²) in [6.07, 6.45) is 0. The van der Waals surface area contributed by atoms with E-state index in [2.05, 4.69) is 0 Å². The van der Waals surface area contributed by atoms with E-state index in [1.54, 1.807) is 0 Å². The summed E-state index contributed by atoms with van der Waals surface area (Å²) in [5, 5.41) is 5.37. The molecule has 0 aliphatic rings. The van der Waals surface area contributed by atoms with Crippen LogP contribution in [0.5, 0.6) is 0 Å². The predicted octanol–water partition coefficient (Wildman–Crippen LogP) is -3.61. The molecule has 0 heterocycles. The maximum atomic E-state index is 5.37. The van der Waals surface area contributed by atoms with Gasteiger partial charge in [-0.25, -0.2) is 0 Å². The van der Waals surface area contributed by atoms with E-state index in [1.807, 2.05) is 0 Å². The Bertz CT molecular complexity index is 8.00. The van der Waals surface area contributed by atoms with Gasteiger partial charge in [-0.1, -0.05) is 0 Å². The maximum Gasteiger partial charge on any atom is 0.0662 e. The SMILES string of the molecule is N[SiH]([SiH3])[SiH3]. The van der Waals surface area contributed by atoms with E-state index in [4.69, 9.17) is 5.40 Å². The topological polar surface area (TPSA) is 26.0 Å². The lowest BCUT2D eigenvalue weighted by Gasteiger charge is -1.77. The second-order valence-electron chi connectivity index (χ2n) is 1.24. The standard InChI is InChI=1S/H9NSi3/c1-4(2)3/h4H,1H2,2-3H3. The molecule has 1 nitrogen and oxygen atoms in total. The first-order valence-electron chi connectivity index (χ1n) is 1.49. The van der Waals surface area contributed by atoms with Crippen molar-refractivity contribution in [2.24, 2.45) is 5.40 Å². The Balaban J connectivity index is 2.32. The predicted molar refractivity (Wildman–Crippen MR) is 31.2 cm³/mol. The fourth-order valence-corrected chi connectivity index (χ4v) is 0. The average Bonchev–Trinajstić information content (AvgIpc) is 0.811. The summed E-state index contributed by atoms with van der Waals surface area (Å²) in [5.74, 6) is 0. The van der Waals surface area contributed by atoms with Crippen molar-refractivity contribution in [2.45, 2.75) is 0 Å². The highest BCUT2D eigenvalue weighted by molar-refractivity contribution is 7.27. The molecule has 0 aromatic heterocycles. The lowest BCUT2D eigenvalue weighted by Crippen LogP contribution is -2.25. The third-order valence-electron chi connectivity index (χ3n) is 0. The van der Waals surface area contributed by atoms with Crippen LogP contribution in [-0.2, 0) is 0 Å². The molecule has 0 spiro atoms. The lowest BCUT2D eigenvalue weighted by atomic mass is 13.9. The first-order valence-corrected chi connectivity index (χ1v) is 11.4. The Morgan fingerprint density at radius 3 is 1.50 bits per heavy atom. The second kappa shape index (κ2) is 1.89. The summed E-state index contributed by atoms with van der Waals surface area (Å²) in [4.78, 5) is 0. The van der Waals surface area contributed by atoms with Crippen LogP contribution in [0.3, 0.4) is 0 Å². The van der Waals surface area contributed by atoms with Crippen molar-refractivity contribution in [2.75, 3.05) is 0 Å². The van der Waals surface area contributed by atoms with Crippen LogP contribution in [0.4, 0.5) is 0 Å². The van der Waals surface area contributed by atoms with Gasteiger partial charge >= 0.3 is 0 Å². The summed E-state index contributed by atoms with van der Waals surface area (Å²) in [5.41, 5.74) is 0. The Labute approximate surface area is 33.7 Å². The molecule has 0 atom stereocenters. The van der Waals surface area contributed by atoms with Gasteiger partial charge in [0.15, 0.2) is 0 Å². The summed E-state index contributed by atoms with van der Waals surface area (Å²) in [7, 11) is 2.29. The van der Waals surface area contributed by atoms with Crippen molar-refractivity contribution < 1.29 is 0 Å². The zero-order chi connectivity index (χ0) is 3.58. The molecule has 4 heteroatoms. The van der Waals surface area contributed by atoms with E-state index in [9.17, 15) is 0 Å². The first kappa shape index (κ1) is 4.61. The van der Waals surface area contributed by atoms with Crippen LogP contribution in [0.15, 0.2) is 0 Å². The third kappa shape index (κ3) is 18.2. The highest BCUT2D eigenvalue weighted by Crippen LogP contribution is 1.27. The molecule has 0 fully saturated rings. The van der Waals surface area contributed by atoms with Crippen molar-refractivity contribution in [3.05, 3.63) is 0 Å². The van der Waals surface area contributed by atoms with Gasteiger partial charge in [-0.2, -0.15) is 0 Å². The zero-order valence-electron chi connectivity index (χ0n) is 3.15. The molecule has 0 unspecified atom stereocenters. The fraction of sp³-hybridized carbons (Fsp3) is 0.